The fourth-order valence-electron chi connectivity index (χ4n) is 9.31. The van der Waals surface area contributed by atoms with E-state index >= 15 is 0 Å². The molecule has 6 nitrogen and oxygen atoms in total. The number of pyridine rings is 6. The van der Waals surface area contributed by atoms with E-state index in [0.717, 1.165) is 27.6 Å². The molecule has 452 valence electrons. The molecule has 0 amide bonds. The van der Waals surface area contributed by atoms with Gasteiger partial charge in [0.1, 0.15) is 0 Å². The fourth-order valence-corrected chi connectivity index (χ4v) is 9.31. The van der Waals surface area contributed by atoms with E-state index in [-0.39, 0.29) is 52.0 Å². The largest absolute Gasteiger partial charge is 0.260 e. The second kappa shape index (κ2) is 37.9. The molecule has 6 heterocycles. The SMILES string of the molecule is C.C.C.C.C.C.C.CC(C)c1ccc2ccccc2n1.CC(C)c1ccc2ncccc2c1.CC(C)c1cccc2cccnc12.CC(C)c1cccc2ncccc12.CC(C)c1ccnc2ccccc12.CC(C)c1nccc2ccccc12. The Labute approximate surface area is 515 Å². The van der Waals surface area contributed by atoms with Crippen molar-refractivity contribution >= 4 is 65.3 Å². The molecule has 0 aliphatic rings. The first-order valence-corrected chi connectivity index (χ1v) is 27.7. The van der Waals surface area contributed by atoms with E-state index in [9.17, 15) is 0 Å². The van der Waals surface area contributed by atoms with Gasteiger partial charge in [-0.3, -0.25) is 29.9 Å². The zero-order valence-corrected chi connectivity index (χ0v) is 47.9. The quantitative estimate of drug-likeness (QED) is 0.165. The number of aromatic nitrogens is 6. The Morgan fingerprint density at radius 3 is 1.34 bits per heavy atom. The van der Waals surface area contributed by atoms with Gasteiger partial charge < -0.3 is 0 Å². The van der Waals surface area contributed by atoms with Gasteiger partial charge in [-0.2, -0.15) is 0 Å². The summed E-state index contributed by atoms with van der Waals surface area (Å²) in [5, 5.41) is 8.79. The first kappa shape index (κ1) is 76.8. The number of benzene rings is 6. The van der Waals surface area contributed by atoms with Gasteiger partial charge in [0.25, 0.3) is 0 Å². The van der Waals surface area contributed by atoms with E-state index in [4.69, 9.17) is 0 Å². The predicted molar refractivity (Wildman–Crippen MR) is 382 cm³/mol. The van der Waals surface area contributed by atoms with E-state index in [0.29, 0.717) is 35.5 Å². The van der Waals surface area contributed by atoms with Crippen LogP contribution < -0.4 is 0 Å². The Morgan fingerprint density at radius 1 is 0.259 bits per heavy atom. The third-order valence-electron chi connectivity index (χ3n) is 13.6. The molecular weight excluding hydrogens is 1030 g/mol. The van der Waals surface area contributed by atoms with Crippen LogP contribution in [0.1, 0.15) is 204 Å². The van der Waals surface area contributed by atoms with Gasteiger partial charge >= 0.3 is 0 Å². The van der Waals surface area contributed by atoms with Crippen LogP contribution in [-0.2, 0) is 0 Å². The topological polar surface area (TPSA) is 77.3 Å². The van der Waals surface area contributed by atoms with Gasteiger partial charge in [0, 0.05) is 69.0 Å². The zero-order valence-electron chi connectivity index (χ0n) is 47.9. The minimum absolute atomic E-state index is 0. The second-order valence-corrected chi connectivity index (χ2v) is 21.5. The van der Waals surface area contributed by atoms with Crippen LogP contribution >= 0.6 is 0 Å². The van der Waals surface area contributed by atoms with Gasteiger partial charge in [-0.25, -0.2) is 0 Å². The van der Waals surface area contributed by atoms with Gasteiger partial charge in [0.2, 0.25) is 0 Å². The highest BCUT2D eigenvalue weighted by Crippen LogP contribution is 2.27. The summed E-state index contributed by atoms with van der Waals surface area (Å²) in [5.41, 5.74) is 13.3. The van der Waals surface area contributed by atoms with Crippen LogP contribution in [0.15, 0.2) is 219 Å². The smallest absolute Gasteiger partial charge is 0.0736 e. The third-order valence-corrected chi connectivity index (χ3v) is 13.6. The molecule has 0 fully saturated rings. The lowest BCUT2D eigenvalue weighted by Crippen LogP contribution is -1.92. The summed E-state index contributed by atoms with van der Waals surface area (Å²) in [6.07, 6.45) is 9.30. The molecule has 0 bridgehead atoms. The Morgan fingerprint density at radius 2 is 0.718 bits per heavy atom. The Hall–Kier alpha value is -8.22. The molecule has 0 atom stereocenters. The van der Waals surface area contributed by atoms with Crippen LogP contribution in [0.4, 0.5) is 0 Å². The minimum Gasteiger partial charge on any atom is -0.260 e. The van der Waals surface area contributed by atoms with E-state index < -0.39 is 0 Å². The number of hydrogen-bond acceptors (Lipinski definition) is 6. The molecule has 6 aromatic heterocycles. The highest BCUT2D eigenvalue weighted by Gasteiger charge is 2.08. The number of para-hydroxylation sites is 3. The Balaban J connectivity index is 0.000000980. The molecule has 0 spiro atoms. The summed E-state index contributed by atoms with van der Waals surface area (Å²) in [6, 6.07) is 64.7. The molecule has 85 heavy (non-hydrogen) atoms. The molecule has 12 rings (SSSR count). The van der Waals surface area contributed by atoms with Gasteiger partial charge in [-0.05, 0) is 130 Å². The molecule has 0 N–H and O–H groups in total. The molecule has 0 saturated heterocycles. The molecule has 0 saturated carbocycles. The molecule has 6 heteroatoms. The second-order valence-electron chi connectivity index (χ2n) is 21.5. The third kappa shape index (κ3) is 21.1. The van der Waals surface area contributed by atoms with Crippen molar-refractivity contribution in [3.05, 3.63) is 253 Å². The highest BCUT2D eigenvalue weighted by atomic mass is 14.7. The summed E-state index contributed by atoms with van der Waals surface area (Å²) < 4.78 is 0. The molecule has 6 aromatic carbocycles. The Bertz CT molecular complexity index is 3350. The van der Waals surface area contributed by atoms with Crippen LogP contribution in [0, 0.1) is 0 Å². The van der Waals surface area contributed by atoms with Crippen molar-refractivity contribution in [2.45, 2.75) is 171 Å². The maximum Gasteiger partial charge on any atom is 0.0736 e. The predicted octanol–water partition coefficient (Wildman–Crippen LogP) is 24.6. The normalized spacial score (nSPS) is 10.1. The minimum atomic E-state index is 0. The highest BCUT2D eigenvalue weighted by molar-refractivity contribution is 5.86. The molecular formula is C79H106N6. The average Bonchev–Trinajstić information content (AvgIpc) is 3.66. The van der Waals surface area contributed by atoms with Gasteiger partial charge in [-0.1, -0.05) is 256 Å². The van der Waals surface area contributed by atoms with Gasteiger partial charge in [0.15, 0.2) is 0 Å². The van der Waals surface area contributed by atoms with Crippen molar-refractivity contribution in [1.82, 2.24) is 29.9 Å². The molecule has 0 radical (unpaired) electrons. The van der Waals surface area contributed by atoms with Gasteiger partial charge in [0.05, 0.1) is 33.3 Å². The fraction of sp³-hybridized carbons (Fsp3) is 0.316. The van der Waals surface area contributed by atoms with Crippen molar-refractivity contribution in [3.8, 4) is 0 Å². The summed E-state index contributed by atoms with van der Waals surface area (Å²) in [7, 11) is 0. The van der Waals surface area contributed by atoms with Crippen LogP contribution in [0.3, 0.4) is 0 Å². The van der Waals surface area contributed by atoms with E-state index in [2.05, 4.69) is 265 Å². The summed E-state index contributed by atoms with van der Waals surface area (Å²) in [4.78, 5) is 26.3. The molecule has 0 aliphatic heterocycles. The zero-order chi connectivity index (χ0) is 55.6. The summed E-state index contributed by atoms with van der Waals surface area (Å²) >= 11 is 0. The lowest BCUT2D eigenvalue weighted by atomic mass is 9.98. The van der Waals surface area contributed by atoms with E-state index in [1.807, 2.05) is 67.4 Å². The maximum atomic E-state index is 4.57. The number of hydrogen-bond donors (Lipinski definition) is 0. The molecule has 12 aromatic rings. The monoisotopic (exact) mass is 1140 g/mol. The van der Waals surface area contributed by atoms with E-state index in [1.54, 1.807) is 0 Å². The van der Waals surface area contributed by atoms with Crippen molar-refractivity contribution in [2.24, 2.45) is 0 Å². The Kier molecular flexibility index (Phi) is 34.2. The van der Waals surface area contributed by atoms with Crippen LogP contribution in [0.2, 0.25) is 0 Å². The molecule has 0 aliphatic carbocycles. The van der Waals surface area contributed by atoms with Crippen LogP contribution in [0.25, 0.3) is 65.3 Å². The van der Waals surface area contributed by atoms with Crippen LogP contribution in [0.5, 0.6) is 0 Å². The van der Waals surface area contributed by atoms with Gasteiger partial charge in [-0.15, -0.1) is 0 Å². The summed E-state index contributed by atoms with van der Waals surface area (Å²) in [6.45, 7) is 26.3. The first-order chi connectivity index (χ1) is 37.7. The number of fused-ring (bicyclic) bond motifs is 6. The van der Waals surface area contributed by atoms with Crippen LogP contribution in [-0.4, -0.2) is 29.9 Å². The number of nitrogens with zero attached hydrogens (tertiary/aromatic N) is 6. The maximum absolute atomic E-state index is 4.57. The molecule has 0 unspecified atom stereocenters. The standard InChI is InChI=1S/6C12H13N.7CH4/c1-9(2)10-5-3-7-12-11(10)6-4-8-13-12;1-9(2)11-7-3-5-10-6-4-8-13-12(10)11;1-9(2)10-5-6-12-11(8-10)4-3-7-13-12;1-9(2)10-7-8-13-12-6-4-3-5-11(10)12;1-9(2)11-8-7-10-5-3-4-6-12(10)13-11;1-9(2)12-11-6-4-3-5-10(11)7-8-13-12;;;;;;;/h6*3-9H,1-2H3;7*1H4. The first-order valence-electron chi connectivity index (χ1n) is 27.7. The summed E-state index contributed by atoms with van der Waals surface area (Å²) in [5.74, 6) is 3.25. The van der Waals surface area contributed by atoms with Crippen molar-refractivity contribution in [2.75, 3.05) is 0 Å². The van der Waals surface area contributed by atoms with E-state index in [1.165, 1.54) is 71.3 Å². The van der Waals surface area contributed by atoms with Crippen molar-refractivity contribution in [1.29, 1.82) is 0 Å². The lowest BCUT2D eigenvalue weighted by Gasteiger charge is -2.08. The average molecular weight is 1140 g/mol. The van der Waals surface area contributed by atoms with Crippen molar-refractivity contribution < 1.29 is 0 Å². The lowest BCUT2D eigenvalue weighted by molar-refractivity contribution is 0.830. The van der Waals surface area contributed by atoms with Crippen molar-refractivity contribution in [3.63, 3.8) is 0 Å². The number of rotatable bonds is 6.